The fourth-order valence-electron chi connectivity index (χ4n) is 1.39. The molecule has 0 aliphatic heterocycles. The maximum Gasteiger partial charge on any atom is 0.0612 e. The second-order valence-corrected chi connectivity index (χ2v) is 4.23. The van der Waals surface area contributed by atoms with Crippen molar-refractivity contribution in [2.75, 3.05) is 0 Å². The summed E-state index contributed by atoms with van der Waals surface area (Å²) >= 11 is 0. The van der Waals surface area contributed by atoms with E-state index in [1.165, 1.54) is 12.8 Å². The van der Waals surface area contributed by atoms with E-state index in [-0.39, 0.29) is 0 Å². The number of hydrogen-bond donors (Lipinski definition) is 0. The number of aromatic nitrogens is 2. The second kappa shape index (κ2) is 3.44. The maximum atomic E-state index is 4.42. The molecule has 1 aliphatic carbocycles. The first-order valence-corrected chi connectivity index (χ1v) is 5.06. The molecular formula is C11H16N2. The molecule has 2 nitrogen and oxygen atoms in total. The normalized spacial score (nSPS) is 16.5. The van der Waals surface area contributed by atoms with Crippen LogP contribution in [0, 0.1) is 5.92 Å². The van der Waals surface area contributed by atoms with Crippen molar-refractivity contribution >= 4 is 0 Å². The van der Waals surface area contributed by atoms with Crippen LogP contribution in [0.4, 0.5) is 0 Å². The van der Waals surface area contributed by atoms with Crippen molar-refractivity contribution in [2.24, 2.45) is 5.92 Å². The molecule has 0 saturated heterocycles. The molecule has 0 atom stereocenters. The fourth-order valence-corrected chi connectivity index (χ4v) is 1.39. The minimum absolute atomic E-state index is 0.488. The van der Waals surface area contributed by atoms with Gasteiger partial charge in [0, 0.05) is 12.4 Å². The highest BCUT2D eigenvalue weighted by Gasteiger charge is 2.22. The topological polar surface area (TPSA) is 25.8 Å². The van der Waals surface area contributed by atoms with Gasteiger partial charge in [-0.3, -0.25) is 9.97 Å². The van der Waals surface area contributed by atoms with Crippen LogP contribution < -0.4 is 0 Å². The van der Waals surface area contributed by atoms with Gasteiger partial charge in [0.25, 0.3) is 0 Å². The first kappa shape index (κ1) is 8.67. The average molecular weight is 176 g/mol. The third-order valence-corrected chi connectivity index (χ3v) is 2.51. The van der Waals surface area contributed by atoms with E-state index in [2.05, 4.69) is 23.8 Å². The summed E-state index contributed by atoms with van der Waals surface area (Å²) in [6.45, 7) is 4.29. The highest BCUT2D eigenvalue weighted by molar-refractivity contribution is 5.07. The zero-order chi connectivity index (χ0) is 9.26. The van der Waals surface area contributed by atoms with Gasteiger partial charge in [-0.1, -0.05) is 13.8 Å². The van der Waals surface area contributed by atoms with Crippen molar-refractivity contribution in [3.8, 4) is 0 Å². The van der Waals surface area contributed by atoms with Crippen LogP contribution in [0.5, 0.6) is 0 Å². The molecule has 1 fully saturated rings. The molecule has 0 bridgehead atoms. The Morgan fingerprint density at radius 3 is 2.54 bits per heavy atom. The van der Waals surface area contributed by atoms with Gasteiger partial charge in [0.15, 0.2) is 0 Å². The minimum Gasteiger partial charge on any atom is -0.258 e. The number of rotatable bonds is 3. The van der Waals surface area contributed by atoms with Crippen molar-refractivity contribution in [1.82, 2.24) is 9.97 Å². The zero-order valence-electron chi connectivity index (χ0n) is 8.33. The summed E-state index contributed by atoms with van der Waals surface area (Å²) in [5, 5.41) is 0. The van der Waals surface area contributed by atoms with Gasteiger partial charge >= 0.3 is 0 Å². The summed E-state index contributed by atoms with van der Waals surface area (Å²) in [6, 6.07) is 0. The van der Waals surface area contributed by atoms with Gasteiger partial charge in [-0.05, 0) is 31.1 Å². The lowest BCUT2D eigenvalue weighted by Gasteiger charge is -2.04. The number of hydrogen-bond acceptors (Lipinski definition) is 2. The predicted octanol–water partition coefficient (Wildman–Crippen LogP) is 2.55. The van der Waals surface area contributed by atoms with Crippen LogP contribution >= 0.6 is 0 Å². The van der Waals surface area contributed by atoms with E-state index >= 15 is 0 Å². The van der Waals surface area contributed by atoms with E-state index in [0.717, 1.165) is 23.7 Å². The van der Waals surface area contributed by atoms with Gasteiger partial charge in [0.05, 0.1) is 11.4 Å². The largest absolute Gasteiger partial charge is 0.258 e. The Labute approximate surface area is 79.4 Å². The molecule has 1 aromatic heterocycles. The molecule has 2 rings (SSSR count). The molecule has 0 aromatic carbocycles. The Morgan fingerprint density at radius 1 is 1.31 bits per heavy atom. The van der Waals surface area contributed by atoms with Crippen molar-refractivity contribution in [3.05, 3.63) is 23.8 Å². The van der Waals surface area contributed by atoms with Crippen LogP contribution in [-0.4, -0.2) is 9.97 Å². The molecule has 0 N–H and O–H groups in total. The van der Waals surface area contributed by atoms with Crippen LogP contribution in [0.25, 0.3) is 0 Å². The van der Waals surface area contributed by atoms with Gasteiger partial charge < -0.3 is 0 Å². The zero-order valence-corrected chi connectivity index (χ0v) is 8.33. The molecule has 1 heterocycles. The maximum absolute atomic E-state index is 4.42. The van der Waals surface area contributed by atoms with Crippen molar-refractivity contribution in [2.45, 2.75) is 39.0 Å². The lowest BCUT2D eigenvalue weighted by atomic mass is 10.1. The molecule has 0 unspecified atom stereocenters. The Balaban J connectivity index is 2.04. The standard InChI is InChI=1S/C11H16N2/c1-8(2)11-7-12-10(6-13-11)5-9-3-4-9/h6-9H,3-5H2,1-2H3. The summed E-state index contributed by atoms with van der Waals surface area (Å²) in [5.41, 5.74) is 2.26. The fraction of sp³-hybridized carbons (Fsp3) is 0.636. The summed E-state index contributed by atoms with van der Waals surface area (Å²) < 4.78 is 0. The van der Waals surface area contributed by atoms with Gasteiger partial charge in [-0.15, -0.1) is 0 Å². The SMILES string of the molecule is CC(C)c1cnc(CC2CC2)cn1. The van der Waals surface area contributed by atoms with Gasteiger partial charge in [-0.2, -0.15) is 0 Å². The van der Waals surface area contributed by atoms with Gasteiger partial charge in [0.2, 0.25) is 0 Å². The van der Waals surface area contributed by atoms with Gasteiger partial charge in [0.1, 0.15) is 0 Å². The van der Waals surface area contributed by atoms with E-state index in [0.29, 0.717) is 5.92 Å². The third kappa shape index (κ3) is 2.27. The van der Waals surface area contributed by atoms with Gasteiger partial charge in [-0.25, -0.2) is 0 Å². The predicted molar refractivity (Wildman–Crippen MR) is 52.5 cm³/mol. The molecule has 1 aliphatic rings. The first-order valence-electron chi connectivity index (χ1n) is 5.06. The minimum atomic E-state index is 0.488. The monoisotopic (exact) mass is 176 g/mol. The average Bonchev–Trinajstić information content (AvgIpc) is 2.89. The van der Waals surface area contributed by atoms with Crippen LogP contribution in [-0.2, 0) is 6.42 Å². The lowest BCUT2D eigenvalue weighted by molar-refractivity contribution is 0.765. The van der Waals surface area contributed by atoms with E-state index < -0.39 is 0 Å². The van der Waals surface area contributed by atoms with E-state index in [1.54, 1.807) is 0 Å². The molecule has 13 heavy (non-hydrogen) atoms. The molecule has 0 radical (unpaired) electrons. The summed E-state index contributed by atoms with van der Waals surface area (Å²) in [5.74, 6) is 1.39. The molecule has 70 valence electrons. The second-order valence-electron chi connectivity index (χ2n) is 4.23. The highest BCUT2D eigenvalue weighted by Crippen LogP contribution is 2.31. The molecular weight excluding hydrogens is 160 g/mol. The van der Waals surface area contributed by atoms with Crippen molar-refractivity contribution in [3.63, 3.8) is 0 Å². The molecule has 1 aromatic rings. The molecule has 0 amide bonds. The summed E-state index contributed by atoms with van der Waals surface area (Å²) in [7, 11) is 0. The summed E-state index contributed by atoms with van der Waals surface area (Å²) in [4.78, 5) is 8.81. The van der Waals surface area contributed by atoms with E-state index in [9.17, 15) is 0 Å². The Morgan fingerprint density at radius 2 is 2.08 bits per heavy atom. The lowest BCUT2D eigenvalue weighted by Crippen LogP contribution is -1.98. The molecule has 1 saturated carbocycles. The Hall–Kier alpha value is -0.920. The molecule has 2 heteroatoms. The van der Waals surface area contributed by atoms with E-state index in [4.69, 9.17) is 0 Å². The van der Waals surface area contributed by atoms with Crippen LogP contribution in [0.15, 0.2) is 12.4 Å². The number of nitrogens with zero attached hydrogens (tertiary/aromatic N) is 2. The smallest absolute Gasteiger partial charge is 0.0612 e. The van der Waals surface area contributed by atoms with Crippen LogP contribution in [0.2, 0.25) is 0 Å². The third-order valence-electron chi connectivity index (χ3n) is 2.51. The van der Waals surface area contributed by atoms with Crippen LogP contribution in [0.3, 0.4) is 0 Å². The quantitative estimate of drug-likeness (QED) is 0.707. The summed E-state index contributed by atoms with van der Waals surface area (Å²) in [6.07, 6.45) is 7.75. The van der Waals surface area contributed by atoms with Crippen LogP contribution in [0.1, 0.15) is 44.0 Å². The molecule has 0 spiro atoms. The first-order chi connectivity index (χ1) is 6.25. The Bertz CT molecular complexity index is 273. The van der Waals surface area contributed by atoms with Crippen molar-refractivity contribution in [1.29, 1.82) is 0 Å². The Kier molecular flexibility index (Phi) is 2.30. The highest BCUT2D eigenvalue weighted by atomic mass is 14.8. The van der Waals surface area contributed by atoms with E-state index in [1.807, 2.05) is 12.4 Å². The van der Waals surface area contributed by atoms with Crippen molar-refractivity contribution < 1.29 is 0 Å².